The van der Waals surface area contributed by atoms with Crippen LogP contribution in [0.25, 0.3) is 0 Å². The third-order valence-corrected chi connectivity index (χ3v) is 1.28. The van der Waals surface area contributed by atoms with Gasteiger partial charge in [-0.25, -0.2) is 4.98 Å². The van der Waals surface area contributed by atoms with E-state index in [9.17, 15) is 9.18 Å². The molecule has 11 heavy (non-hydrogen) atoms. The van der Waals surface area contributed by atoms with Gasteiger partial charge in [0.25, 0.3) is 5.91 Å². The number of primary amides is 1. The fourth-order valence-electron chi connectivity index (χ4n) is 0.595. The van der Waals surface area contributed by atoms with Gasteiger partial charge in [0, 0.05) is 6.20 Å². The van der Waals surface area contributed by atoms with Crippen molar-refractivity contribution in [2.45, 2.75) is 0 Å². The van der Waals surface area contributed by atoms with E-state index in [1.807, 2.05) is 0 Å². The molecular weight excluding hydrogens is 171 g/mol. The highest BCUT2D eigenvalue weighted by Gasteiger charge is 2.08. The number of carbonyl (C=O) groups is 1. The molecule has 5 heteroatoms. The SMILES string of the molecule is NC(=O)c1cc(Cl)cnc1F. The Morgan fingerprint density at radius 3 is 2.82 bits per heavy atom. The van der Waals surface area contributed by atoms with Crippen LogP contribution in [0.3, 0.4) is 0 Å². The molecule has 0 aromatic carbocycles. The van der Waals surface area contributed by atoms with E-state index in [4.69, 9.17) is 17.3 Å². The number of pyridine rings is 1. The van der Waals surface area contributed by atoms with Gasteiger partial charge < -0.3 is 5.73 Å². The summed E-state index contributed by atoms with van der Waals surface area (Å²) in [5.41, 5.74) is 4.51. The maximum absolute atomic E-state index is 12.5. The van der Waals surface area contributed by atoms with Gasteiger partial charge in [-0.2, -0.15) is 4.39 Å². The number of nitrogens with zero attached hydrogens (tertiary/aromatic N) is 1. The minimum atomic E-state index is -0.901. The van der Waals surface area contributed by atoms with E-state index in [2.05, 4.69) is 4.98 Å². The number of nitrogens with two attached hydrogens (primary N) is 1. The van der Waals surface area contributed by atoms with Gasteiger partial charge in [-0.1, -0.05) is 11.6 Å². The highest BCUT2D eigenvalue weighted by molar-refractivity contribution is 6.30. The van der Waals surface area contributed by atoms with Crippen molar-refractivity contribution in [2.24, 2.45) is 5.73 Å². The Hall–Kier alpha value is -1.16. The molecule has 0 aliphatic carbocycles. The topological polar surface area (TPSA) is 56.0 Å². The number of amides is 1. The summed E-state index contributed by atoms with van der Waals surface area (Å²) < 4.78 is 12.5. The van der Waals surface area contributed by atoms with E-state index in [1.54, 1.807) is 0 Å². The number of hydrogen-bond donors (Lipinski definition) is 1. The van der Waals surface area contributed by atoms with E-state index < -0.39 is 11.9 Å². The molecule has 0 unspecified atom stereocenters. The Morgan fingerprint density at radius 1 is 1.73 bits per heavy atom. The lowest BCUT2D eigenvalue weighted by molar-refractivity contribution is 0.0995. The molecule has 1 aromatic rings. The van der Waals surface area contributed by atoms with Crippen molar-refractivity contribution in [3.63, 3.8) is 0 Å². The molecule has 0 aliphatic rings. The first-order valence-electron chi connectivity index (χ1n) is 2.72. The molecule has 1 amide bonds. The Morgan fingerprint density at radius 2 is 2.36 bits per heavy atom. The molecule has 0 bridgehead atoms. The molecular formula is C6H4ClFN2O. The van der Waals surface area contributed by atoms with Gasteiger partial charge in [0.1, 0.15) is 0 Å². The normalized spacial score (nSPS) is 9.64. The first-order valence-corrected chi connectivity index (χ1v) is 3.10. The average Bonchev–Trinajstić information content (AvgIpc) is 1.94. The molecule has 0 aliphatic heterocycles. The number of carbonyl (C=O) groups excluding carboxylic acids is 1. The molecule has 0 saturated carbocycles. The van der Waals surface area contributed by atoms with Gasteiger partial charge in [-0.15, -0.1) is 0 Å². The summed E-state index contributed by atoms with van der Waals surface area (Å²) in [6.45, 7) is 0. The van der Waals surface area contributed by atoms with Crippen LogP contribution in [0.1, 0.15) is 10.4 Å². The van der Waals surface area contributed by atoms with Crippen molar-refractivity contribution < 1.29 is 9.18 Å². The van der Waals surface area contributed by atoms with E-state index in [-0.39, 0.29) is 10.6 Å². The average molecular weight is 175 g/mol. The molecule has 2 N–H and O–H groups in total. The van der Waals surface area contributed by atoms with Crippen molar-refractivity contribution in [3.8, 4) is 0 Å². The lowest BCUT2D eigenvalue weighted by atomic mass is 10.3. The second kappa shape index (κ2) is 2.84. The number of rotatable bonds is 1. The van der Waals surface area contributed by atoms with Gasteiger partial charge in [0.15, 0.2) is 0 Å². The Kier molecular flexibility index (Phi) is 2.05. The second-order valence-corrected chi connectivity index (χ2v) is 2.29. The van der Waals surface area contributed by atoms with Crippen LogP contribution in [0.4, 0.5) is 4.39 Å². The molecule has 0 saturated heterocycles. The fraction of sp³-hybridized carbons (Fsp3) is 0. The fourth-order valence-corrected chi connectivity index (χ4v) is 0.753. The maximum atomic E-state index is 12.5. The summed E-state index contributed by atoms with van der Waals surface area (Å²) in [6.07, 6.45) is 1.10. The summed E-state index contributed by atoms with van der Waals surface area (Å²) in [7, 11) is 0. The third kappa shape index (κ3) is 1.65. The smallest absolute Gasteiger partial charge is 0.253 e. The van der Waals surface area contributed by atoms with E-state index >= 15 is 0 Å². The van der Waals surface area contributed by atoms with Crippen LogP contribution in [0, 0.1) is 5.95 Å². The standard InChI is InChI=1S/C6H4ClFN2O/c7-3-1-4(6(9)11)5(8)10-2-3/h1-2H,(H2,9,11). The summed E-state index contributed by atoms with van der Waals surface area (Å²) in [6, 6.07) is 1.13. The largest absolute Gasteiger partial charge is 0.365 e. The van der Waals surface area contributed by atoms with Crippen molar-refractivity contribution >= 4 is 17.5 Å². The molecule has 58 valence electrons. The van der Waals surface area contributed by atoms with Gasteiger partial charge in [-0.05, 0) is 6.07 Å². The molecule has 1 rings (SSSR count). The molecule has 0 fully saturated rings. The van der Waals surface area contributed by atoms with Crippen LogP contribution in [-0.2, 0) is 0 Å². The molecule has 0 atom stereocenters. The lowest BCUT2D eigenvalue weighted by Gasteiger charge is -1.95. The molecule has 0 spiro atoms. The first kappa shape index (κ1) is 7.94. The minimum absolute atomic E-state index is 0.181. The number of hydrogen-bond acceptors (Lipinski definition) is 2. The van der Waals surface area contributed by atoms with E-state index in [0.29, 0.717) is 0 Å². The van der Waals surface area contributed by atoms with Gasteiger partial charge in [-0.3, -0.25) is 4.79 Å². The van der Waals surface area contributed by atoms with Crippen LogP contribution >= 0.6 is 11.6 Å². The minimum Gasteiger partial charge on any atom is -0.365 e. The summed E-state index contributed by atoms with van der Waals surface area (Å²) >= 11 is 5.42. The zero-order valence-electron chi connectivity index (χ0n) is 5.34. The number of aromatic nitrogens is 1. The monoisotopic (exact) mass is 174 g/mol. The lowest BCUT2D eigenvalue weighted by Crippen LogP contribution is -2.13. The molecule has 0 radical (unpaired) electrons. The molecule has 1 aromatic heterocycles. The number of halogens is 2. The predicted molar refractivity (Wildman–Crippen MR) is 37.7 cm³/mol. The van der Waals surface area contributed by atoms with Crippen LogP contribution in [0.2, 0.25) is 5.02 Å². The Bertz CT molecular complexity index is 303. The van der Waals surface area contributed by atoms with Gasteiger partial charge in [0.2, 0.25) is 5.95 Å². The zero-order chi connectivity index (χ0) is 8.43. The second-order valence-electron chi connectivity index (χ2n) is 1.86. The first-order chi connectivity index (χ1) is 5.11. The molecule has 1 heterocycles. The summed E-state index contributed by atoms with van der Waals surface area (Å²) in [5.74, 6) is -1.78. The van der Waals surface area contributed by atoms with Crippen molar-refractivity contribution in [2.75, 3.05) is 0 Å². The Balaban J connectivity index is 3.23. The highest BCUT2D eigenvalue weighted by atomic mass is 35.5. The van der Waals surface area contributed by atoms with Crippen molar-refractivity contribution in [1.82, 2.24) is 4.98 Å². The quantitative estimate of drug-likeness (QED) is 0.645. The van der Waals surface area contributed by atoms with Crippen LogP contribution < -0.4 is 5.73 Å². The van der Waals surface area contributed by atoms with Crippen LogP contribution in [0.15, 0.2) is 12.3 Å². The van der Waals surface area contributed by atoms with Crippen molar-refractivity contribution in [3.05, 3.63) is 28.8 Å². The van der Waals surface area contributed by atoms with E-state index in [0.717, 1.165) is 12.3 Å². The maximum Gasteiger partial charge on any atom is 0.253 e. The van der Waals surface area contributed by atoms with Gasteiger partial charge >= 0.3 is 0 Å². The highest BCUT2D eigenvalue weighted by Crippen LogP contribution is 2.10. The Labute approximate surface area is 67.0 Å². The van der Waals surface area contributed by atoms with Crippen LogP contribution in [-0.4, -0.2) is 10.9 Å². The third-order valence-electron chi connectivity index (χ3n) is 1.07. The molecule has 3 nitrogen and oxygen atoms in total. The summed E-state index contributed by atoms with van der Waals surface area (Å²) in [5, 5.41) is 0.181. The van der Waals surface area contributed by atoms with E-state index in [1.165, 1.54) is 0 Å². The van der Waals surface area contributed by atoms with Crippen LogP contribution in [0.5, 0.6) is 0 Å². The predicted octanol–water partition coefficient (Wildman–Crippen LogP) is 0.973. The zero-order valence-corrected chi connectivity index (χ0v) is 6.10. The van der Waals surface area contributed by atoms with Crippen molar-refractivity contribution in [1.29, 1.82) is 0 Å². The van der Waals surface area contributed by atoms with Gasteiger partial charge in [0.05, 0.1) is 10.6 Å². The summed E-state index contributed by atoms with van der Waals surface area (Å²) in [4.78, 5) is 13.7.